The van der Waals surface area contributed by atoms with Crippen LogP contribution in [0.15, 0.2) is 36.4 Å². The fraction of sp³-hybridized carbons (Fsp3) is 0.125. The molecule has 2 aromatic rings. The highest BCUT2D eigenvalue weighted by molar-refractivity contribution is 6.39. The first-order valence-corrected chi connectivity index (χ1v) is 7.96. The normalized spacial score (nSPS) is 11.5. The van der Waals surface area contributed by atoms with E-state index in [1.165, 1.54) is 43.4 Å². The third-order valence-corrected chi connectivity index (χ3v) is 4.32. The highest BCUT2D eigenvalue weighted by Crippen LogP contribution is 2.36. The van der Waals surface area contributed by atoms with E-state index in [1.807, 2.05) is 6.07 Å². The minimum Gasteiger partial charge on any atom is -0.321 e. The molecule has 2 rings (SSSR count). The summed E-state index contributed by atoms with van der Waals surface area (Å²) >= 11 is 18.1. The van der Waals surface area contributed by atoms with Gasteiger partial charge < -0.3 is 4.90 Å². The number of rotatable bonds is 4. The molecule has 0 aliphatic rings. The number of carbonyl (C=O) groups is 1. The molecule has 0 fully saturated rings. The number of nitriles is 1. The van der Waals surface area contributed by atoms with Crippen LogP contribution in [-0.2, 0) is 0 Å². The summed E-state index contributed by atoms with van der Waals surface area (Å²) in [4.78, 5) is 24.2. The zero-order chi connectivity index (χ0) is 18.7. The van der Waals surface area contributed by atoms with Crippen molar-refractivity contribution in [3.8, 4) is 6.07 Å². The predicted molar refractivity (Wildman–Crippen MR) is 95.0 cm³/mol. The van der Waals surface area contributed by atoms with Crippen molar-refractivity contribution in [2.75, 3.05) is 7.05 Å². The zero-order valence-electron chi connectivity index (χ0n) is 12.7. The molecule has 0 saturated heterocycles. The number of amides is 1. The molecule has 0 aliphatic heterocycles. The van der Waals surface area contributed by atoms with Crippen molar-refractivity contribution < 1.29 is 9.72 Å². The Kier molecular flexibility index (Phi) is 5.85. The molecular weight excluding hydrogens is 389 g/mol. The van der Waals surface area contributed by atoms with E-state index in [2.05, 4.69) is 0 Å². The quantitative estimate of drug-likeness (QED) is 0.542. The van der Waals surface area contributed by atoms with Crippen LogP contribution in [0.4, 0.5) is 5.69 Å². The van der Waals surface area contributed by atoms with Crippen molar-refractivity contribution in [3.63, 3.8) is 0 Å². The first kappa shape index (κ1) is 19.0. The standard InChI is InChI=1S/C16H10Cl3N3O3/c1-21(16(23)10-4-2-3-5-13(10)22(24)25)14(8-20)15-11(18)6-9(17)7-12(15)19/h2-7,14H,1H3. The maximum absolute atomic E-state index is 12.7. The van der Waals surface area contributed by atoms with E-state index >= 15 is 0 Å². The lowest BCUT2D eigenvalue weighted by Gasteiger charge is -2.24. The van der Waals surface area contributed by atoms with Gasteiger partial charge in [-0.1, -0.05) is 46.9 Å². The van der Waals surface area contributed by atoms with Crippen molar-refractivity contribution >= 4 is 46.4 Å². The molecule has 0 heterocycles. The second kappa shape index (κ2) is 7.70. The van der Waals surface area contributed by atoms with E-state index in [-0.39, 0.29) is 31.9 Å². The van der Waals surface area contributed by atoms with E-state index in [0.717, 1.165) is 4.90 Å². The number of carbonyl (C=O) groups excluding carboxylic acids is 1. The van der Waals surface area contributed by atoms with Gasteiger partial charge in [-0.05, 0) is 18.2 Å². The molecule has 6 nitrogen and oxygen atoms in total. The first-order valence-electron chi connectivity index (χ1n) is 6.82. The van der Waals surface area contributed by atoms with Crippen molar-refractivity contribution in [1.82, 2.24) is 4.90 Å². The lowest BCUT2D eigenvalue weighted by Crippen LogP contribution is -2.31. The second-order valence-electron chi connectivity index (χ2n) is 5.01. The largest absolute Gasteiger partial charge is 0.321 e. The van der Waals surface area contributed by atoms with Gasteiger partial charge in [-0.3, -0.25) is 14.9 Å². The molecule has 25 heavy (non-hydrogen) atoms. The number of benzene rings is 2. The van der Waals surface area contributed by atoms with E-state index in [1.54, 1.807) is 0 Å². The number of hydrogen-bond acceptors (Lipinski definition) is 4. The summed E-state index contributed by atoms with van der Waals surface area (Å²) in [6.07, 6.45) is 0. The Morgan fingerprint density at radius 1 is 1.24 bits per heavy atom. The number of halogens is 3. The number of nitro groups is 1. The van der Waals surface area contributed by atoms with Gasteiger partial charge in [-0.15, -0.1) is 0 Å². The van der Waals surface area contributed by atoms with Gasteiger partial charge in [0.15, 0.2) is 0 Å². The highest BCUT2D eigenvalue weighted by Gasteiger charge is 2.30. The Hall–Kier alpha value is -2.33. The van der Waals surface area contributed by atoms with Crippen LogP contribution in [0.5, 0.6) is 0 Å². The number of para-hydroxylation sites is 1. The van der Waals surface area contributed by atoms with E-state index < -0.39 is 16.9 Å². The van der Waals surface area contributed by atoms with Gasteiger partial charge in [0.1, 0.15) is 11.6 Å². The topological polar surface area (TPSA) is 87.2 Å². The average molecular weight is 399 g/mol. The van der Waals surface area contributed by atoms with Crippen molar-refractivity contribution in [2.45, 2.75) is 6.04 Å². The summed E-state index contributed by atoms with van der Waals surface area (Å²) in [6, 6.07) is 9.07. The van der Waals surface area contributed by atoms with Gasteiger partial charge >= 0.3 is 0 Å². The lowest BCUT2D eigenvalue weighted by molar-refractivity contribution is -0.385. The van der Waals surface area contributed by atoms with Gasteiger partial charge in [0, 0.05) is 33.7 Å². The molecule has 2 aromatic carbocycles. The first-order chi connectivity index (χ1) is 11.8. The van der Waals surface area contributed by atoms with Gasteiger partial charge in [0.2, 0.25) is 0 Å². The van der Waals surface area contributed by atoms with Gasteiger partial charge in [-0.25, -0.2) is 0 Å². The summed E-state index contributed by atoms with van der Waals surface area (Å²) in [5.74, 6) is -0.707. The third kappa shape index (κ3) is 3.85. The molecule has 1 atom stereocenters. The van der Waals surface area contributed by atoms with Crippen LogP contribution in [0.1, 0.15) is 22.0 Å². The van der Waals surface area contributed by atoms with Gasteiger partial charge in [0.25, 0.3) is 11.6 Å². The predicted octanol–water partition coefficient (Wildman–Crippen LogP) is 4.89. The van der Waals surface area contributed by atoms with Gasteiger partial charge in [0.05, 0.1) is 11.0 Å². The Bertz CT molecular complexity index is 873. The summed E-state index contributed by atoms with van der Waals surface area (Å²) < 4.78 is 0. The molecule has 0 bridgehead atoms. The highest BCUT2D eigenvalue weighted by atomic mass is 35.5. The maximum atomic E-state index is 12.7. The molecule has 0 aliphatic carbocycles. The molecule has 0 saturated carbocycles. The Morgan fingerprint density at radius 3 is 2.32 bits per heavy atom. The lowest BCUT2D eigenvalue weighted by atomic mass is 10.0. The van der Waals surface area contributed by atoms with Crippen LogP contribution in [0.3, 0.4) is 0 Å². The monoisotopic (exact) mass is 397 g/mol. The number of nitro benzene ring substituents is 1. The van der Waals surface area contributed by atoms with E-state index in [4.69, 9.17) is 34.8 Å². The number of nitrogens with zero attached hydrogens (tertiary/aromatic N) is 3. The fourth-order valence-electron chi connectivity index (χ4n) is 2.28. The minimum absolute atomic E-state index is 0.117. The molecule has 128 valence electrons. The summed E-state index contributed by atoms with van der Waals surface area (Å²) in [6.45, 7) is 0. The van der Waals surface area contributed by atoms with Crippen LogP contribution in [0.25, 0.3) is 0 Å². The molecule has 0 spiro atoms. The summed E-state index contributed by atoms with van der Waals surface area (Å²) in [5, 5.41) is 21.1. The van der Waals surface area contributed by atoms with Crippen LogP contribution in [0.2, 0.25) is 15.1 Å². The Balaban J connectivity index is 2.49. The third-order valence-electron chi connectivity index (χ3n) is 3.48. The smallest absolute Gasteiger partial charge is 0.282 e. The molecule has 1 amide bonds. The minimum atomic E-state index is -1.15. The molecule has 0 radical (unpaired) electrons. The van der Waals surface area contributed by atoms with E-state index in [0.29, 0.717) is 0 Å². The molecule has 0 aromatic heterocycles. The van der Waals surface area contributed by atoms with Crippen LogP contribution in [-0.4, -0.2) is 22.8 Å². The molecule has 0 N–H and O–H groups in total. The van der Waals surface area contributed by atoms with Crippen LogP contribution in [0, 0.1) is 21.4 Å². The van der Waals surface area contributed by atoms with Crippen molar-refractivity contribution in [1.29, 1.82) is 5.26 Å². The van der Waals surface area contributed by atoms with Crippen molar-refractivity contribution in [3.05, 3.63) is 72.7 Å². The Labute approximate surface area is 158 Å². The number of hydrogen-bond donors (Lipinski definition) is 0. The molecule has 1 unspecified atom stereocenters. The van der Waals surface area contributed by atoms with Crippen LogP contribution >= 0.6 is 34.8 Å². The summed E-state index contributed by atoms with van der Waals surface area (Å²) in [7, 11) is 1.34. The Morgan fingerprint density at radius 2 is 1.80 bits per heavy atom. The summed E-state index contributed by atoms with van der Waals surface area (Å²) in [5.41, 5.74) is -0.300. The molecule has 9 heteroatoms. The van der Waals surface area contributed by atoms with E-state index in [9.17, 15) is 20.2 Å². The zero-order valence-corrected chi connectivity index (χ0v) is 15.0. The van der Waals surface area contributed by atoms with Crippen LogP contribution < -0.4 is 0 Å². The maximum Gasteiger partial charge on any atom is 0.282 e. The average Bonchev–Trinajstić information content (AvgIpc) is 2.56. The molecular formula is C16H10Cl3N3O3. The van der Waals surface area contributed by atoms with Gasteiger partial charge in [-0.2, -0.15) is 5.26 Å². The SMILES string of the molecule is CN(C(=O)c1ccccc1[N+](=O)[O-])C(C#N)c1c(Cl)cc(Cl)cc1Cl. The second-order valence-corrected chi connectivity index (χ2v) is 6.26. The fourth-order valence-corrected chi connectivity index (χ4v) is 3.30. The van der Waals surface area contributed by atoms with Crippen molar-refractivity contribution in [2.24, 2.45) is 0 Å².